The molecule has 0 bridgehead atoms. The van der Waals surface area contributed by atoms with Crippen molar-refractivity contribution in [2.45, 2.75) is 58.3 Å². The molecule has 0 fully saturated rings. The predicted molar refractivity (Wildman–Crippen MR) is 89.7 cm³/mol. The number of hydrogen-bond acceptors (Lipinski definition) is 2. The van der Waals surface area contributed by atoms with Crippen LogP contribution in [0, 0.1) is 0 Å². The first-order valence-corrected chi connectivity index (χ1v) is 8.04. The minimum atomic E-state index is 0.133. The molecule has 0 unspecified atom stereocenters. The lowest BCUT2D eigenvalue weighted by Crippen LogP contribution is -1.84. The Hall–Kier alpha value is -1.70. The minimum absolute atomic E-state index is 0.133. The van der Waals surface area contributed by atoms with Gasteiger partial charge in [0.25, 0.3) is 0 Å². The molecule has 0 saturated heterocycles. The highest BCUT2D eigenvalue weighted by Crippen LogP contribution is 2.21. The number of rotatable bonds is 10. The number of hydrogen-bond donors (Lipinski definition) is 2. The fraction of sp³-hybridized carbons (Fsp3) is 0.474. The molecule has 0 aromatic heterocycles. The van der Waals surface area contributed by atoms with Crippen LogP contribution in [0.2, 0.25) is 0 Å². The summed E-state index contributed by atoms with van der Waals surface area (Å²) in [5, 5.41) is 18.8. The number of aryl methyl sites for hydroxylation is 1. The van der Waals surface area contributed by atoms with Gasteiger partial charge >= 0.3 is 0 Å². The first-order valence-electron chi connectivity index (χ1n) is 8.04. The van der Waals surface area contributed by atoms with Crippen LogP contribution < -0.4 is 0 Å². The summed E-state index contributed by atoms with van der Waals surface area (Å²) in [4.78, 5) is 0. The van der Waals surface area contributed by atoms with Gasteiger partial charge in [0, 0.05) is 6.07 Å². The van der Waals surface area contributed by atoms with E-state index in [1.165, 1.54) is 31.7 Å². The Labute approximate surface area is 128 Å². The van der Waals surface area contributed by atoms with Crippen LogP contribution in [0.1, 0.15) is 57.4 Å². The first kappa shape index (κ1) is 17.4. The molecule has 0 spiro atoms. The lowest BCUT2D eigenvalue weighted by Gasteiger charge is -2.02. The minimum Gasteiger partial charge on any atom is -0.508 e. The van der Waals surface area contributed by atoms with Gasteiger partial charge in [-0.05, 0) is 56.2 Å². The first-order chi connectivity index (χ1) is 10.2. The van der Waals surface area contributed by atoms with Gasteiger partial charge in [0.1, 0.15) is 11.5 Å². The van der Waals surface area contributed by atoms with Crippen LogP contribution in [0.25, 0.3) is 0 Å². The van der Waals surface area contributed by atoms with Gasteiger partial charge in [-0.2, -0.15) is 0 Å². The van der Waals surface area contributed by atoms with Crippen molar-refractivity contribution in [1.82, 2.24) is 0 Å². The van der Waals surface area contributed by atoms with Crippen LogP contribution >= 0.6 is 0 Å². The van der Waals surface area contributed by atoms with E-state index in [4.69, 9.17) is 0 Å². The summed E-state index contributed by atoms with van der Waals surface area (Å²) in [6, 6.07) is 4.78. The molecule has 0 amide bonds. The summed E-state index contributed by atoms with van der Waals surface area (Å²) in [6.45, 7) is 2.23. The summed E-state index contributed by atoms with van der Waals surface area (Å²) >= 11 is 0. The van der Waals surface area contributed by atoms with Crippen LogP contribution in [0.15, 0.2) is 42.5 Å². The second-order valence-electron chi connectivity index (χ2n) is 5.42. The zero-order valence-electron chi connectivity index (χ0n) is 13.1. The molecule has 0 saturated carbocycles. The number of phenols is 2. The lowest BCUT2D eigenvalue weighted by molar-refractivity contribution is 0.449. The molecule has 0 aliphatic rings. The van der Waals surface area contributed by atoms with Gasteiger partial charge in [-0.15, -0.1) is 0 Å². The van der Waals surface area contributed by atoms with Gasteiger partial charge in [0.15, 0.2) is 0 Å². The molecule has 0 heterocycles. The van der Waals surface area contributed by atoms with Crippen molar-refractivity contribution in [2.24, 2.45) is 0 Å². The Balaban J connectivity index is 2.09. The molecule has 21 heavy (non-hydrogen) atoms. The Kier molecular flexibility index (Phi) is 9.10. The van der Waals surface area contributed by atoms with E-state index in [0.29, 0.717) is 0 Å². The topological polar surface area (TPSA) is 40.5 Å². The SMILES string of the molecule is CCCCC/C=C\C/C=C\CCCc1cc(O)cc(O)c1. The Morgan fingerprint density at radius 1 is 0.810 bits per heavy atom. The Morgan fingerprint density at radius 3 is 2.05 bits per heavy atom. The average Bonchev–Trinajstić information content (AvgIpc) is 2.44. The van der Waals surface area contributed by atoms with E-state index >= 15 is 0 Å². The molecule has 116 valence electrons. The lowest BCUT2D eigenvalue weighted by atomic mass is 10.1. The third-order valence-corrected chi connectivity index (χ3v) is 3.38. The number of unbranched alkanes of at least 4 members (excludes halogenated alkanes) is 4. The maximum atomic E-state index is 9.39. The van der Waals surface area contributed by atoms with Crippen LogP contribution in [-0.2, 0) is 6.42 Å². The molecular weight excluding hydrogens is 260 g/mol. The maximum absolute atomic E-state index is 9.39. The van der Waals surface area contributed by atoms with Crippen molar-refractivity contribution in [1.29, 1.82) is 0 Å². The fourth-order valence-corrected chi connectivity index (χ4v) is 2.24. The van der Waals surface area contributed by atoms with E-state index < -0.39 is 0 Å². The molecule has 0 aliphatic carbocycles. The van der Waals surface area contributed by atoms with Crippen LogP contribution in [0.5, 0.6) is 11.5 Å². The molecule has 2 nitrogen and oxygen atoms in total. The molecule has 0 aliphatic heterocycles. The number of phenolic OH excluding ortho intramolecular Hbond substituents is 2. The molecule has 2 heteroatoms. The van der Waals surface area contributed by atoms with Crippen molar-refractivity contribution in [3.05, 3.63) is 48.1 Å². The smallest absolute Gasteiger partial charge is 0.119 e. The van der Waals surface area contributed by atoms with Gasteiger partial charge in [0.2, 0.25) is 0 Å². The second-order valence-corrected chi connectivity index (χ2v) is 5.42. The fourth-order valence-electron chi connectivity index (χ4n) is 2.24. The molecule has 1 aromatic rings. The van der Waals surface area contributed by atoms with Gasteiger partial charge in [-0.3, -0.25) is 0 Å². The number of benzene rings is 1. The van der Waals surface area contributed by atoms with E-state index in [-0.39, 0.29) is 11.5 Å². The molecule has 0 radical (unpaired) electrons. The summed E-state index contributed by atoms with van der Waals surface area (Å²) < 4.78 is 0. The van der Waals surface area contributed by atoms with Crippen LogP contribution in [0.4, 0.5) is 0 Å². The molecule has 1 aromatic carbocycles. The normalized spacial score (nSPS) is 11.7. The van der Waals surface area contributed by atoms with E-state index in [9.17, 15) is 10.2 Å². The van der Waals surface area contributed by atoms with E-state index in [1.807, 2.05) is 0 Å². The third-order valence-electron chi connectivity index (χ3n) is 3.38. The summed E-state index contributed by atoms with van der Waals surface area (Å²) in [6.07, 6.45) is 18.0. The highest BCUT2D eigenvalue weighted by Gasteiger charge is 1.98. The molecule has 2 N–H and O–H groups in total. The largest absolute Gasteiger partial charge is 0.508 e. The van der Waals surface area contributed by atoms with Crippen molar-refractivity contribution in [3.63, 3.8) is 0 Å². The van der Waals surface area contributed by atoms with E-state index in [2.05, 4.69) is 31.2 Å². The molecule has 1 rings (SSSR count). The number of allylic oxidation sites excluding steroid dienone is 4. The van der Waals surface area contributed by atoms with Crippen molar-refractivity contribution in [2.75, 3.05) is 0 Å². The second kappa shape index (κ2) is 11.0. The maximum Gasteiger partial charge on any atom is 0.119 e. The average molecular weight is 288 g/mol. The van der Waals surface area contributed by atoms with Gasteiger partial charge in [-0.25, -0.2) is 0 Å². The molecular formula is C19H28O2. The quantitative estimate of drug-likeness (QED) is 0.440. The van der Waals surface area contributed by atoms with E-state index in [1.54, 1.807) is 12.1 Å². The summed E-state index contributed by atoms with van der Waals surface area (Å²) in [5.41, 5.74) is 0.983. The summed E-state index contributed by atoms with van der Waals surface area (Å²) in [5.74, 6) is 0.266. The number of aromatic hydroxyl groups is 2. The van der Waals surface area contributed by atoms with Gasteiger partial charge < -0.3 is 10.2 Å². The van der Waals surface area contributed by atoms with Gasteiger partial charge in [-0.1, -0.05) is 44.1 Å². The van der Waals surface area contributed by atoms with E-state index in [0.717, 1.165) is 31.2 Å². The predicted octanol–water partition coefficient (Wildman–Crippen LogP) is 5.50. The molecule has 0 atom stereocenters. The standard InChI is InChI=1S/C19H28O2/c1-2-3-4-5-6-7-8-9-10-11-12-13-17-14-18(20)16-19(21)15-17/h6-7,9-10,14-16,20-21H,2-5,8,11-13H2,1H3/b7-6-,10-9-. The van der Waals surface area contributed by atoms with Crippen molar-refractivity contribution < 1.29 is 10.2 Å². The van der Waals surface area contributed by atoms with Crippen molar-refractivity contribution >= 4 is 0 Å². The van der Waals surface area contributed by atoms with Crippen molar-refractivity contribution in [3.8, 4) is 11.5 Å². The van der Waals surface area contributed by atoms with Gasteiger partial charge in [0.05, 0.1) is 0 Å². The zero-order valence-corrected chi connectivity index (χ0v) is 13.1. The Morgan fingerprint density at radius 2 is 1.43 bits per heavy atom. The highest BCUT2D eigenvalue weighted by atomic mass is 16.3. The van der Waals surface area contributed by atoms with Crippen LogP contribution in [-0.4, -0.2) is 10.2 Å². The Bertz CT molecular complexity index is 427. The zero-order chi connectivity index (χ0) is 15.3. The monoisotopic (exact) mass is 288 g/mol. The highest BCUT2D eigenvalue weighted by molar-refractivity contribution is 5.36. The summed E-state index contributed by atoms with van der Waals surface area (Å²) in [7, 11) is 0. The third kappa shape index (κ3) is 8.96. The van der Waals surface area contributed by atoms with Crippen LogP contribution in [0.3, 0.4) is 0 Å².